The summed E-state index contributed by atoms with van der Waals surface area (Å²) in [5, 5.41) is 20.9. The number of fused-ring (bicyclic) bond motifs is 3. The van der Waals surface area contributed by atoms with Gasteiger partial charge in [-0.25, -0.2) is 0 Å². The van der Waals surface area contributed by atoms with E-state index in [-0.39, 0.29) is 5.56 Å². The third-order valence-corrected chi connectivity index (χ3v) is 6.86. The van der Waals surface area contributed by atoms with Crippen molar-refractivity contribution in [2.45, 2.75) is 26.5 Å². The number of piperazine rings is 1. The molecular weight excluding hydrogens is 426 g/mol. The van der Waals surface area contributed by atoms with Crippen molar-refractivity contribution in [3.05, 3.63) is 81.6 Å². The number of β-amino-alcohol motifs (C(OH)–C–C–N with tert-alkyl or cyclic N) is 1. The van der Waals surface area contributed by atoms with E-state index >= 15 is 0 Å². The molecule has 0 amide bonds. The first-order chi connectivity index (χ1) is 16.5. The highest BCUT2D eigenvalue weighted by Gasteiger charge is 2.23. The Morgan fingerprint density at radius 1 is 0.941 bits per heavy atom. The summed E-state index contributed by atoms with van der Waals surface area (Å²) in [7, 11) is 0. The number of aryl methyl sites for hydroxylation is 2. The summed E-state index contributed by atoms with van der Waals surface area (Å²) in [4.78, 5) is 17.5. The molecule has 1 fully saturated rings. The molecule has 1 saturated heterocycles. The molecule has 4 aromatic rings. The molecule has 7 nitrogen and oxygen atoms in total. The third-order valence-electron chi connectivity index (χ3n) is 6.86. The van der Waals surface area contributed by atoms with Crippen molar-refractivity contribution in [3.8, 4) is 6.07 Å². The molecule has 5 rings (SSSR count). The number of para-hydroxylation sites is 3. The molecule has 174 valence electrons. The molecule has 1 aliphatic rings. The first-order valence-corrected chi connectivity index (χ1v) is 11.7. The summed E-state index contributed by atoms with van der Waals surface area (Å²) < 4.78 is 3.52. The molecule has 2 aromatic heterocycles. The number of hydrogen-bond donors (Lipinski definition) is 1. The van der Waals surface area contributed by atoms with Crippen LogP contribution in [0.5, 0.6) is 0 Å². The quantitative estimate of drug-likeness (QED) is 0.501. The van der Waals surface area contributed by atoms with E-state index in [4.69, 9.17) is 0 Å². The summed E-state index contributed by atoms with van der Waals surface area (Å²) in [5.74, 6) is 0. The molecule has 2 aromatic carbocycles. The van der Waals surface area contributed by atoms with E-state index in [1.165, 1.54) is 17.3 Å². The van der Waals surface area contributed by atoms with Crippen molar-refractivity contribution in [2.24, 2.45) is 0 Å². The zero-order chi connectivity index (χ0) is 23.8. The zero-order valence-electron chi connectivity index (χ0n) is 19.6. The Morgan fingerprint density at radius 3 is 2.32 bits per heavy atom. The second kappa shape index (κ2) is 8.98. The number of nitriles is 1. The first kappa shape index (κ1) is 22.2. The van der Waals surface area contributed by atoms with Crippen LogP contribution in [0.2, 0.25) is 0 Å². The molecule has 1 unspecified atom stereocenters. The molecule has 1 aliphatic heterocycles. The number of anilines is 1. The fourth-order valence-electron chi connectivity index (χ4n) is 5.18. The summed E-state index contributed by atoms with van der Waals surface area (Å²) in [6, 6.07) is 19.8. The fourth-order valence-corrected chi connectivity index (χ4v) is 5.18. The molecule has 0 saturated carbocycles. The van der Waals surface area contributed by atoms with Crippen LogP contribution >= 0.6 is 0 Å². The average Bonchev–Trinajstić information content (AvgIpc) is 3.15. The minimum absolute atomic E-state index is 0.164. The monoisotopic (exact) mass is 455 g/mol. The number of hydrogen-bond acceptors (Lipinski definition) is 5. The molecule has 34 heavy (non-hydrogen) atoms. The number of benzene rings is 2. The van der Waals surface area contributed by atoms with Gasteiger partial charge in [0.15, 0.2) is 0 Å². The maximum Gasteiger partial charge on any atom is 0.257 e. The van der Waals surface area contributed by atoms with Crippen molar-refractivity contribution in [2.75, 3.05) is 37.6 Å². The molecule has 0 radical (unpaired) electrons. The second-order valence-electron chi connectivity index (χ2n) is 9.14. The maximum atomic E-state index is 12.8. The largest absolute Gasteiger partial charge is 0.390 e. The van der Waals surface area contributed by atoms with Gasteiger partial charge in [0.1, 0.15) is 11.7 Å². The van der Waals surface area contributed by atoms with Gasteiger partial charge in [0, 0.05) is 44.5 Å². The topological polar surface area (TPSA) is 76.9 Å². The minimum atomic E-state index is -0.633. The van der Waals surface area contributed by atoms with E-state index < -0.39 is 6.10 Å². The average molecular weight is 456 g/mol. The van der Waals surface area contributed by atoms with E-state index in [1.807, 2.05) is 28.8 Å². The lowest BCUT2D eigenvalue weighted by Crippen LogP contribution is -2.49. The molecule has 1 atom stereocenters. The second-order valence-corrected chi connectivity index (χ2v) is 9.14. The van der Waals surface area contributed by atoms with Crippen LogP contribution in [0, 0.1) is 25.2 Å². The summed E-state index contributed by atoms with van der Waals surface area (Å²) in [6.07, 6.45) is -0.633. The van der Waals surface area contributed by atoms with Gasteiger partial charge in [0.2, 0.25) is 0 Å². The van der Waals surface area contributed by atoms with Crippen LogP contribution < -0.4 is 10.5 Å². The van der Waals surface area contributed by atoms with Crippen molar-refractivity contribution >= 4 is 22.4 Å². The van der Waals surface area contributed by atoms with Gasteiger partial charge in [-0.1, -0.05) is 30.3 Å². The highest BCUT2D eigenvalue weighted by Crippen LogP contribution is 2.25. The fraction of sp³-hybridized carbons (Fsp3) is 0.333. The number of aliphatic hydroxyl groups is 1. The maximum absolute atomic E-state index is 12.8. The van der Waals surface area contributed by atoms with Crippen LogP contribution in [0.4, 0.5) is 5.69 Å². The van der Waals surface area contributed by atoms with E-state index in [2.05, 4.69) is 47.1 Å². The molecule has 1 N–H and O–H groups in total. The van der Waals surface area contributed by atoms with Gasteiger partial charge < -0.3 is 14.6 Å². The van der Waals surface area contributed by atoms with Crippen LogP contribution in [-0.4, -0.2) is 57.8 Å². The Morgan fingerprint density at radius 2 is 1.62 bits per heavy atom. The normalized spacial score (nSPS) is 15.6. The Kier molecular flexibility index (Phi) is 5.86. The number of aromatic nitrogens is 2. The Bertz CT molecular complexity index is 1450. The van der Waals surface area contributed by atoms with E-state index in [0.29, 0.717) is 29.9 Å². The lowest BCUT2D eigenvalue weighted by molar-refractivity contribution is 0.0967. The summed E-state index contributed by atoms with van der Waals surface area (Å²) >= 11 is 0. The Labute approximate surface area is 198 Å². The predicted octanol–water partition coefficient (Wildman–Crippen LogP) is 2.93. The van der Waals surface area contributed by atoms with Crippen LogP contribution in [-0.2, 0) is 6.54 Å². The highest BCUT2D eigenvalue weighted by molar-refractivity contribution is 5.84. The summed E-state index contributed by atoms with van der Waals surface area (Å²) in [6.45, 7) is 8.36. The molecule has 0 spiro atoms. The predicted molar refractivity (Wildman–Crippen MR) is 134 cm³/mol. The van der Waals surface area contributed by atoms with Crippen molar-refractivity contribution in [3.63, 3.8) is 0 Å². The molecular formula is C27H29N5O2. The molecule has 0 aliphatic carbocycles. The number of aliphatic hydroxyl groups excluding tert-OH is 1. The lowest BCUT2D eigenvalue weighted by Gasteiger charge is -2.37. The van der Waals surface area contributed by atoms with Gasteiger partial charge in [-0.2, -0.15) is 5.26 Å². The Balaban J connectivity index is 1.38. The van der Waals surface area contributed by atoms with Crippen molar-refractivity contribution in [1.82, 2.24) is 13.9 Å². The van der Waals surface area contributed by atoms with Gasteiger partial charge in [-0.05, 0) is 43.2 Å². The Hall–Kier alpha value is -3.60. The van der Waals surface area contributed by atoms with E-state index in [0.717, 1.165) is 37.2 Å². The van der Waals surface area contributed by atoms with Gasteiger partial charge in [0.25, 0.3) is 5.56 Å². The molecule has 0 bridgehead atoms. The molecule has 7 heteroatoms. The van der Waals surface area contributed by atoms with Gasteiger partial charge >= 0.3 is 0 Å². The summed E-state index contributed by atoms with van der Waals surface area (Å²) in [5.41, 5.74) is 5.65. The minimum Gasteiger partial charge on any atom is -0.390 e. The van der Waals surface area contributed by atoms with Crippen LogP contribution in [0.3, 0.4) is 0 Å². The van der Waals surface area contributed by atoms with Gasteiger partial charge in [0.05, 0.1) is 29.2 Å². The number of pyridine rings is 1. The van der Waals surface area contributed by atoms with E-state index in [1.54, 1.807) is 11.3 Å². The van der Waals surface area contributed by atoms with Crippen molar-refractivity contribution < 1.29 is 5.11 Å². The number of rotatable bonds is 5. The first-order valence-electron chi connectivity index (χ1n) is 11.7. The van der Waals surface area contributed by atoms with Crippen LogP contribution in [0.15, 0.2) is 59.4 Å². The van der Waals surface area contributed by atoms with Gasteiger partial charge in [-0.3, -0.25) is 14.1 Å². The van der Waals surface area contributed by atoms with Gasteiger partial charge in [-0.15, -0.1) is 0 Å². The third kappa shape index (κ3) is 3.85. The standard InChI is InChI=1S/C27H29N5O2/c1-19-7-3-4-8-23(19)30-13-11-29(12-14-30)17-21(33)18-31-24-9-5-6-10-25(24)32-26(34)15-20(2)22(16-28)27(31)32/h3-10,15,21,33H,11-14,17-18H2,1-2H3. The van der Waals surface area contributed by atoms with Crippen LogP contribution in [0.25, 0.3) is 16.7 Å². The number of imidazole rings is 1. The zero-order valence-corrected chi connectivity index (χ0v) is 19.6. The van der Waals surface area contributed by atoms with Crippen molar-refractivity contribution in [1.29, 1.82) is 5.26 Å². The SMILES string of the molecule is Cc1ccccc1N1CCN(CC(O)Cn2c3ccccc3n3c(=O)cc(C)c(C#N)c23)CC1. The highest BCUT2D eigenvalue weighted by atomic mass is 16.3. The molecule has 3 heterocycles. The van der Waals surface area contributed by atoms with E-state index in [9.17, 15) is 15.2 Å². The smallest absolute Gasteiger partial charge is 0.257 e. The number of nitrogens with zero attached hydrogens (tertiary/aromatic N) is 5. The van der Waals surface area contributed by atoms with Crippen LogP contribution in [0.1, 0.15) is 16.7 Å². The lowest BCUT2D eigenvalue weighted by atomic mass is 10.1.